The van der Waals surface area contributed by atoms with E-state index < -0.39 is 5.60 Å². The zero-order valence-electron chi connectivity index (χ0n) is 12.5. The van der Waals surface area contributed by atoms with Gasteiger partial charge in [0.05, 0.1) is 5.69 Å². The molecule has 1 atom stereocenters. The van der Waals surface area contributed by atoms with Crippen LogP contribution < -0.4 is 4.90 Å². The second-order valence-corrected chi connectivity index (χ2v) is 5.95. The van der Waals surface area contributed by atoms with Crippen LogP contribution >= 0.6 is 0 Å². The fourth-order valence-electron chi connectivity index (χ4n) is 3.45. The lowest BCUT2D eigenvalue weighted by molar-refractivity contribution is -0.136. The summed E-state index contributed by atoms with van der Waals surface area (Å²) in [4.78, 5) is 16.7. The highest BCUT2D eigenvalue weighted by Crippen LogP contribution is 2.45. The van der Waals surface area contributed by atoms with Crippen molar-refractivity contribution in [2.45, 2.75) is 12.1 Å². The number of hydrogen-bond acceptors (Lipinski definition) is 3. The van der Waals surface area contributed by atoms with Crippen LogP contribution in [0.15, 0.2) is 54.6 Å². The summed E-state index contributed by atoms with van der Waals surface area (Å²) in [7, 11) is 1.82. The van der Waals surface area contributed by atoms with Gasteiger partial charge in [-0.2, -0.15) is 0 Å². The summed E-state index contributed by atoms with van der Waals surface area (Å²) in [5.41, 5.74) is 2.34. The number of benzene rings is 2. The van der Waals surface area contributed by atoms with Gasteiger partial charge in [0, 0.05) is 25.7 Å². The maximum Gasteiger partial charge on any atom is 0.265 e. The van der Waals surface area contributed by atoms with Crippen molar-refractivity contribution in [2.75, 3.05) is 25.2 Å². The summed E-state index contributed by atoms with van der Waals surface area (Å²) in [5.74, 6) is 0.0317. The highest BCUT2D eigenvalue weighted by Gasteiger charge is 2.54. The van der Waals surface area contributed by atoms with E-state index in [9.17, 15) is 4.79 Å². The number of rotatable bonds is 2. The van der Waals surface area contributed by atoms with Crippen molar-refractivity contribution < 1.29 is 9.53 Å². The molecule has 0 aromatic heterocycles. The van der Waals surface area contributed by atoms with Crippen LogP contribution in [0.5, 0.6) is 0 Å². The number of amides is 1. The summed E-state index contributed by atoms with van der Waals surface area (Å²) in [6.07, 6.45) is 0. The van der Waals surface area contributed by atoms with Crippen LogP contribution in [0.25, 0.3) is 0 Å². The molecule has 0 aliphatic carbocycles. The van der Waals surface area contributed by atoms with Crippen LogP contribution in [0.2, 0.25) is 0 Å². The molecule has 4 heteroatoms. The van der Waals surface area contributed by atoms with Crippen LogP contribution in [0.3, 0.4) is 0 Å². The first kappa shape index (κ1) is 13.5. The van der Waals surface area contributed by atoms with E-state index in [0.717, 1.165) is 17.8 Å². The largest absolute Gasteiger partial charge is 0.343 e. The van der Waals surface area contributed by atoms with Crippen LogP contribution in [0.1, 0.15) is 11.1 Å². The first-order valence-electron chi connectivity index (χ1n) is 7.49. The minimum Gasteiger partial charge on any atom is -0.343 e. The molecule has 0 saturated carbocycles. The Hall–Kier alpha value is -2.17. The predicted octanol–water partition coefficient (Wildman–Crippen LogP) is 2.35. The average Bonchev–Trinajstić information content (AvgIpc) is 3.07. The average molecular weight is 294 g/mol. The number of nitrogens with zero attached hydrogens (tertiary/aromatic N) is 2. The second kappa shape index (κ2) is 4.93. The highest BCUT2D eigenvalue weighted by atomic mass is 16.5. The van der Waals surface area contributed by atoms with Crippen molar-refractivity contribution in [2.24, 2.45) is 0 Å². The topological polar surface area (TPSA) is 32.8 Å². The van der Waals surface area contributed by atoms with Gasteiger partial charge in [-0.1, -0.05) is 48.5 Å². The van der Waals surface area contributed by atoms with E-state index in [2.05, 4.69) is 17.0 Å². The lowest BCUT2D eigenvalue weighted by atomic mass is 9.95. The Kier molecular flexibility index (Phi) is 3.03. The number of hydrogen-bond donors (Lipinski definition) is 0. The van der Waals surface area contributed by atoms with Crippen molar-refractivity contribution in [3.8, 4) is 0 Å². The molecule has 1 amide bonds. The Balaban J connectivity index is 1.63. The van der Waals surface area contributed by atoms with Crippen LogP contribution in [-0.2, 0) is 21.7 Å². The molecule has 112 valence electrons. The Morgan fingerprint density at radius 1 is 1.09 bits per heavy atom. The van der Waals surface area contributed by atoms with Gasteiger partial charge in [-0.05, 0) is 11.6 Å². The Morgan fingerprint density at radius 2 is 1.82 bits per heavy atom. The quantitative estimate of drug-likeness (QED) is 0.852. The van der Waals surface area contributed by atoms with Gasteiger partial charge in [0.1, 0.15) is 6.73 Å². The van der Waals surface area contributed by atoms with Gasteiger partial charge in [0.25, 0.3) is 5.91 Å². The first-order valence-corrected chi connectivity index (χ1v) is 7.49. The van der Waals surface area contributed by atoms with Gasteiger partial charge >= 0.3 is 0 Å². The van der Waals surface area contributed by atoms with Crippen molar-refractivity contribution in [1.82, 2.24) is 4.90 Å². The third-order valence-electron chi connectivity index (χ3n) is 4.54. The van der Waals surface area contributed by atoms with Crippen molar-refractivity contribution in [1.29, 1.82) is 0 Å². The monoisotopic (exact) mass is 294 g/mol. The molecule has 1 fully saturated rings. The Morgan fingerprint density at radius 3 is 2.64 bits per heavy atom. The van der Waals surface area contributed by atoms with Crippen LogP contribution in [-0.4, -0.2) is 31.1 Å². The van der Waals surface area contributed by atoms with Gasteiger partial charge in [-0.3, -0.25) is 9.69 Å². The van der Waals surface area contributed by atoms with E-state index in [4.69, 9.17) is 4.74 Å². The summed E-state index contributed by atoms with van der Waals surface area (Å²) in [5, 5.41) is 0. The molecule has 22 heavy (non-hydrogen) atoms. The molecule has 4 nitrogen and oxygen atoms in total. The lowest BCUT2D eigenvalue weighted by Crippen LogP contribution is -2.41. The first-order chi connectivity index (χ1) is 10.7. The number of likely N-dealkylation sites (N-methyl/N-ethyl adjacent to an activating group) is 1. The molecular weight excluding hydrogens is 276 g/mol. The third-order valence-corrected chi connectivity index (χ3v) is 4.54. The highest BCUT2D eigenvalue weighted by molar-refractivity contribution is 6.07. The summed E-state index contributed by atoms with van der Waals surface area (Å²) in [6, 6.07) is 18.2. The molecule has 2 aliphatic heterocycles. The second-order valence-electron chi connectivity index (χ2n) is 5.95. The van der Waals surface area contributed by atoms with Gasteiger partial charge in [0.15, 0.2) is 5.60 Å². The molecule has 0 N–H and O–H groups in total. The molecule has 0 bridgehead atoms. The van der Waals surface area contributed by atoms with Gasteiger partial charge < -0.3 is 9.64 Å². The van der Waals surface area contributed by atoms with E-state index in [0.29, 0.717) is 13.3 Å². The maximum atomic E-state index is 12.8. The minimum absolute atomic E-state index is 0.0317. The van der Waals surface area contributed by atoms with E-state index in [1.54, 1.807) is 4.90 Å². The molecule has 0 radical (unpaired) electrons. The summed E-state index contributed by atoms with van der Waals surface area (Å²) < 4.78 is 6.03. The van der Waals surface area contributed by atoms with Crippen molar-refractivity contribution >= 4 is 11.6 Å². The SMILES string of the molecule is CN1C(=O)C2(CN(Cc3ccccc3)CO2)c2ccccc21. The van der Waals surface area contributed by atoms with Crippen LogP contribution in [0.4, 0.5) is 5.69 Å². The fraction of sp³-hybridized carbons (Fsp3) is 0.278. The zero-order valence-corrected chi connectivity index (χ0v) is 12.5. The van der Waals surface area contributed by atoms with Crippen molar-refractivity contribution in [3.05, 3.63) is 65.7 Å². The molecule has 4 rings (SSSR count). The van der Waals surface area contributed by atoms with Gasteiger partial charge in [-0.15, -0.1) is 0 Å². The number of carbonyl (C=O) groups is 1. The molecule has 1 spiro atoms. The molecule has 1 saturated heterocycles. The number of ether oxygens (including phenoxy) is 1. The minimum atomic E-state index is -0.833. The normalized spacial score (nSPS) is 24.2. The van der Waals surface area contributed by atoms with Crippen LogP contribution in [0, 0.1) is 0 Å². The Bertz CT molecular complexity index is 716. The molecule has 2 aromatic rings. The van der Waals surface area contributed by atoms with Crippen molar-refractivity contribution in [3.63, 3.8) is 0 Å². The predicted molar refractivity (Wildman–Crippen MR) is 84.3 cm³/mol. The van der Waals surface area contributed by atoms with E-state index in [-0.39, 0.29) is 5.91 Å². The van der Waals surface area contributed by atoms with Gasteiger partial charge in [0.2, 0.25) is 0 Å². The fourth-order valence-corrected chi connectivity index (χ4v) is 3.45. The number of anilines is 1. The van der Waals surface area contributed by atoms with Gasteiger partial charge in [-0.25, -0.2) is 0 Å². The number of carbonyl (C=O) groups excluding carboxylic acids is 1. The summed E-state index contributed by atoms with van der Waals surface area (Å²) >= 11 is 0. The lowest BCUT2D eigenvalue weighted by Gasteiger charge is -2.21. The molecular formula is C18H18N2O2. The zero-order chi connectivity index (χ0) is 15.2. The summed E-state index contributed by atoms with van der Waals surface area (Å²) in [6.45, 7) is 1.87. The standard InChI is InChI=1S/C18H18N2O2/c1-19-16-10-6-5-9-15(16)18(17(19)21)12-20(13-22-18)11-14-7-3-2-4-8-14/h2-10H,11-13H2,1H3. The Labute approximate surface area is 129 Å². The molecule has 2 heterocycles. The van der Waals surface area contributed by atoms with E-state index in [1.165, 1.54) is 5.56 Å². The molecule has 2 aromatic carbocycles. The molecule has 1 unspecified atom stereocenters. The third kappa shape index (κ3) is 1.88. The molecule has 2 aliphatic rings. The van der Waals surface area contributed by atoms with E-state index in [1.807, 2.05) is 49.5 Å². The smallest absolute Gasteiger partial charge is 0.265 e. The maximum absolute atomic E-state index is 12.8. The van der Waals surface area contributed by atoms with E-state index >= 15 is 0 Å². The number of para-hydroxylation sites is 1. The number of fused-ring (bicyclic) bond motifs is 2.